The molecule has 0 amide bonds. The largest absolute Gasteiger partial charge is 0.303 e. The van der Waals surface area contributed by atoms with Gasteiger partial charge in [0.25, 0.3) is 0 Å². The summed E-state index contributed by atoms with van der Waals surface area (Å²) in [6.45, 7) is 6.25. The van der Waals surface area contributed by atoms with Crippen molar-refractivity contribution in [2.75, 3.05) is 25.4 Å². The summed E-state index contributed by atoms with van der Waals surface area (Å²) in [6.07, 6.45) is 5.65. The van der Waals surface area contributed by atoms with E-state index in [9.17, 15) is 0 Å². The molecule has 0 aliphatic carbocycles. The predicted molar refractivity (Wildman–Crippen MR) is 84.0 cm³/mol. The number of hydrogen-bond donors (Lipinski definition) is 0. The summed E-state index contributed by atoms with van der Waals surface area (Å²) in [5.41, 5.74) is 1.60. The number of fused-ring (bicyclic) bond motifs is 1. The van der Waals surface area contributed by atoms with Gasteiger partial charge in [-0.2, -0.15) is 0 Å². The number of piperidine rings is 1. The highest BCUT2D eigenvalue weighted by Gasteiger charge is 2.26. The normalized spacial score (nSPS) is 24.6. The highest BCUT2D eigenvalue weighted by molar-refractivity contribution is 7.99. The van der Waals surface area contributed by atoms with Crippen molar-refractivity contribution in [2.45, 2.75) is 43.4 Å². The lowest BCUT2D eigenvalue weighted by atomic mass is 9.91. The number of nitrogens with zero attached hydrogens (tertiary/aromatic N) is 1. The molecule has 1 saturated heterocycles. The second kappa shape index (κ2) is 6.32. The molecule has 2 heteroatoms. The standard InChI is InChI=1S/C17H25NS/c1-2-5-14-8-10-18(11-9-14)12-15-13-19-17-7-4-3-6-16(15)17/h3-4,6-7,14-15H,2,5,8-13H2,1H3. The van der Waals surface area contributed by atoms with Gasteiger partial charge in [0.15, 0.2) is 0 Å². The van der Waals surface area contributed by atoms with Crippen LogP contribution in [0.1, 0.15) is 44.1 Å². The Morgan fingerprint density at radius 1 is 1.21 bits per heavy atom. The van der Waals surface area contributed by atoms with Crippen LogP contribution in [0.25, 0.3) is 0 Å². The van der Waals surface area contributed by atoms with Crippen LogP contribution < -0.4 is 0 Å². The second-order valence-electron chi connectivity index (χ2n) is 6.08. The Bertz CT molecular complexity index is 409. The molecule has 3 rings (SSSR count). The number of hydrogen-bond acceptors (Lipinski definition) is 2. The van der Waals surface area contributed by atoms with E-state index in [0.717, 1.165) is 11.8 Å². The Hall–Kier alpha value is -0.470. The Morgan fingerprint density at radius 3 is 2.79 bits per heavy atom. The Labute approximate surface area is 121 Å². The average Bonchev–Trinajstić information content (AvgIpc) is 2.85. The van der Waals surface area contributed by atoms with Crippen LogP contribution in [-0.2, 0) is 0 Å². The van der Waals surface area contributed by atoms with Crippen molar-refractivity contribution in [1.82, 2.24) is 4.90 Å². The van der Waals surface area contributed by atoms with E-state index in [1.54, 1.807) is 5.56 Å². The molecule has 0 saturated carbocycles. The molecule has 0 spiro atoms. The molecule has 1 aromatic carbocycles. The van der Waals surface area contributed by atoms with Crippen LogP contribution in [0, 0.1) is 5.92 Å². The molecule has 0 N–H and O–H groups in total. The van der Waals surface area contributed by atoms with Gasteiger partial charge in [-0.1, -0.05) is 38.0 Å². The molecule has 19 heavy (non-hydrogen) atoms. The van der Waals surface area contributed by atoms with E-state index in [-0.39, 0.29) is 0 Å². The summed E-state index contributed by atoms with van der Waals surface area (Å²) < 4.78 is 0. The van der Waals surface area contributed by atoms with Crippen molar-refractivity contribution < 1.29 is 0 Å². The third-order valence-electron chi connectivity index (χ3n) is 4.68. The maximum Gasteiger partial charge on any atom is 0.0108 e. The molecule has 1 fully saturated rings. The Kier molecular flexibility index (Phi) is 4.49. The quantitative estimate of drug-likeness (QED) is 0.802. The number of likely N-dealkylation sites (tertiary alicyclic amines) is 1. The van der Waals surface area contributed by atoms with Gasteiger partial charge in [0.05, 0.1) is 0 Å². The van der Waals surface area contributed by atoms with Crippen molar-refractivity contribution in [3.63, 3.8) is 0 Å². The van der Waals surface area contributed by atoms with Crippen molar-refractivity contribution in [3.05, 3.63) is 29.8 Å². The van der Waals surface area contributed by atoms with E-state index in [1.807, 2.05) is 11.8 Å². The molecular weight excluding hydrogens is 250 g/mol. The zero-order valence-electron chi connectivity index (χ0n) is 12.0. The Balaban J connectivity index is 1.54. The molecule has 1 aromatic rings. The molecule has 1 atom stereocenters. The molecule has 0 bridgehead atoms. The van der Waals surface area contributed by atoms with Crippen molar-refractivity contribution in [2.24, 2.45) is 5.92 Å². The maximum absolute atomic E-state index is 2.71. The van der Waals surface area contributed by atoms with Gasteiger partial charge in [-0.05, 0) is 43.5 Å². The molecule has 1 unspecified atom stereocenters. The van der Waals surface area contributed by atoms with Crippen molar-refractivity contribution in [1.29, 1.82) is 0 Å². The van der Waals surface area contributed by atoms with E-state index < -0.39 is 0 Å². The third kappa shape index (κ3) is 3.17. The van der Waals surface area contributed by atoms with E-state index in [4.69, 9.17) is 0 Å². The average molecular weight is 275 g/mol. The zero-order chi connectivity index (χ0) is 13.1. The van der Waals surface area contributed by atoms with Crippen LogP contribution in [0.2, 0.25) is 0 Å². The van der Waals surface area contributed by atoms with E-state index >= 15 is 0 Å². The fourth-order valence-corrected chi connectivity index (χ4v) is 4.80. The molecule has 1 nitrogen and oxygen atoms in total. The van der Waals surface area contributed by atoms with E-state index in [1.165, 1.54) is 56.0 Å². The van der Waals surface area contributed by atoms with Gasteiger partial charge in [0.2, 0.25) is 0 Å². The monoisotopic (exact) mass is 275 g/mol. The van der Waals surface area contributed by atoms with Crippen LogP contribution in [0.3, 0.4) is 0 Å². The molecule has 2 heterocycles. The summed E-state index contributed by atoms with van der Waals surface area (Å²) in [7, 11) is 0. The van der Waals surface area contributed by atoms with Crippen molar-refractivity contribution in [3.8, 4) is 0 Å². The Morgan fingerprint density at radius 2 is 2.00 bits per heavy atom. The fraction of sp³-hybridized carbons (Fsp3) is 0.647. The van der Waals surface area contributed by atoms with E-state index in [0.29, 0.717) is 0 Å². The van der Waals surface area contributed by atoms with Gasteiger partial charge < -0.3 is 4.90 Å². The summed E-state index contributed by atoms with van der Waals surface area (Å²) in [5.74, 6) is 3.06. The highest BCUT2D eigenvalue weighted by Crippen LogP contribution is 2.40. The summed E-state index contributed by atoms with van der Waals surface area (Å²) in [5, 5.41) is 0. The van der Waals surface area contributed by atoms with Crippen LogP contribution in [-0.4, -0.2) is 30.3 Å². The topological polar surface area (TPSA) is 3.24 Å². The minimum atomic E-state index is 0.768. The van der Waals surface area contributed by atoms with Crippen molar-refractivity contribution >= 4 is 11.8 Å². The summed E-state index contributed by atoms with van der Waals surface area (Å²) in [4.78, 5) is 4.23. The first-order valence-corrected chi connectivity index (χ1v) is 8.79. The number of benzene rings is 1. The molecule has 2 aliphatic rings. The van der Waals surface area contributed by atoms with Crippen LogP contribution in [0.5, 0.6) is 0 Å². The molecule has 2 aliphatic heterocycles. The van der Waals surface area contributed by atoms with Gasteiger partial charge >= 0.3 is 0 Å². The first-order chi connectivity index (χ1) is 9.36. The lowest BCUT2D eigenvalue weighted by Crippen LogP contribution is -2.36. The summed E-state index contributed by atoms with van der Waals surface area (Å²) in [6, 6.07) is 8.99. The number of rotatable bonds is 4. The molecule has 0 aromatic heterocycles. The predicted octanol–water partition coefficient (Wildman–Crippen LogP) is 4.39. The first-order valence-electron chi connectivity index (χ1n) is 7.81. The highest BCUT2D eigenvalue weighted by atomic mass is 32.2. The van der Waals surface area contributed by atoms with Crippen LogP contribution in [0.15, 0.2) is 29.2 Å². The minimum absolute atomic E-state index is 0.768. The van der Waals surface area contributed by atoms with Crippen LogP contribution in [0.4, 0.5) is 0 Å². The lowest BCUT2D eigenvalue weighted by molar-refractivity contribution is 0.172. The number of thioether (sulfide) groups is 1. The van der Waals surface area contributed by atoms with Gasteiger partial charge in [-0.25, -0.2) is 0 Å². The fourth-order valence-electron chi connectivity index (χ4n) is 3.56. The third-order valence-corrected chi connectivity index (χ3v) is 5.93. The molecular formula is C17H25NS. The summed E-state index contributed by atoms with van der Waals surface area (Å²) >= 11 is 2.05. The van der Waals surface area contributed by atoms with Gasteiger partial charge in [0.1, 0.15) is 0 Å². The zero-order valence-corrected chi connectivity index (χ0v) is 12.8. The smallest absolute Gasteiger partial charge is 0.0108 e. The van der Waals surface area contributed by atoms with Gasteiger partial charge in [-0.3, -0.25) is 0 Å². The van der Waals surface area contributed by atoms with E-state index in [2.05, 4.69) is 36.1 Å². The van der Waals surface area contributed by atoms with Crippen LogP contribution >= 0.6 is 11.8 Å². The van der Waals surface area contributed by atoms with Gasteiger partial charge in [0, 0.05) is 23.1 Å². The van der Waals surface area contributed by atoms with Gasteiger partial charge in [-0.15, -0.1) is 11.8 Å². The maximum atomic E-state index is 2.71. The molecule has 0 radical (unpaired) electrons. The minimum Gasteiger partial charge on any atom is -0.303 e. The lowest BCUT2D eigenvalue weighted by Gasteiger charge is -2.33. The first kappa shape index (κ1) is 13.5. The second-order valence-corrected chi connectivity index (χ2v) is 7.14. The molecule has 104 valence electrons. The SMILES string of the molecule is CCCC1CCN(CC2CSc3ccccc32)CC1.